The number of benzene rings is 2. The minimum Gasteiger partial charge on any atom is -0.493 e. The molecule has 0 saturated carbocycles. The third-order valence-corrected chi connectivity index (χ3v) is 4.17. The summed E-state index contributed by atoms with van der Waals surface area (Å²) in [5.74, 6) is 0.689. The lowest BCUT2D eigenvalue weighted by atomic mass is 10.1. The van der Waals surface area contributed by atoms with Crippen LogP contribution in [0.4, 0.5) is 5.69 Å². The van der Waals surface area contributed by atoms with E-state index in [4.69, 9.17) is 4.74 Å². The number of aryl methyl sites for hydroxylation is 2. The number of ether oxygens (including phenoxy) is 1. The molecule has 0 aliphatic carbocycles. The summed E-state index contributed by atoms with van der Waals surface area (Å²) >= 11 is 0. The number of nitrogens with one attached hydrogen (secondary N) is 2. The smallest absolute Gasteiger partial charge is 0.226 e. The first-order valence-electron chi connectivity index (χ1n) is 9.21. The fourth-order valence-corrected chi connectivity index (χ4v) is 2.40. The van der Waals surface area contributed by atoms with E-state index in [1.54, 1.807) is 0 Å². The minimum atomic E-state index is -0.0604. The van der Waals surface area contributed by atoms with Gasteiger partial charge in [0.25, 0.3) is 0 Å². The Morgan fingerprint density at radius 1 is 1.04 bits per heavy atom. The van der Waals surface area contributed by atoms with Crippen molar-refractivity contribution in [3.8, 4) is 5.75 Å². The van der Waals surface area contributed by atoms with E-state index in [1.807, 2.05) is 70.2 Å². The van der Waals surface area contributed by atoms with Gasteiger partial charge >= 0.3 is 0 Å². The largest absolute Gasteiger partial charge is 0.493 e. The number of carbonyl (C=O) groups is 2. The standard InChI is InChI=1S/C22H28N2O3/c1-15(2)22(26)24-19-9-7-18(8-10-19)14-23-21(25)11-12-27-20-13-16(3)5-6-17(20)4/h5-10,13,15H,11-12,14H2,1-4H3,(H,23,25)(H,24,26). The maximum absolute atomic E-state index is 12.0. The second-order valence-electron chi connectivity index (χ2n) is 6.99. The van der Waals surface area contributed by atoms with Crippen LogP contribution in [0.25, 0.3) is 0 Å². The lowest BCUT2D eigenvalue weighted by molar-refractivity contribution is -0.121. The molecule has 27 heavy (non-hydrogen) atoms. The molecule has 2 amide bonds. The molecule has 5 nitrogen and oxygen atoms in total. The molecule has 2 rings (SSSR count). The Morgan fingerprint density at radius 2 is 1.74 bits per heavy atom. The fourth-order valence-electron chi connectivity index (χ4n) is 2.40. The molecule has 0 fully saturated rings. The molecule has 2 N–H and O–H groups in total. The van der Waals surface area contributed by atoms with Gasteiger partial charge < -0.3 is 15.4 Å². The monoisotopic (exact) mass is 368 g/mol. The summed E-state index contributed by atoms with van der Waals surface area (Å²) in [6, 6.07) is 13.5. The van der Waals surface area contributed by atoms with E-state index in [0.717, 1.165) is 28.1 Å². The fraction of sp³-hybridized carbons (Fsp3) is 0.364. The molecule has 0 aliphatic heterocycles. The second-order valence-corrected chi connectivity index (χ2v) is 6.99. The van der Waals surface area contributed by atoms with Gasteiger partial charge in [-0.2, -0.15) is 0 Å². The molecule has 0 bridgehead atoms. The van der Waals surface area contributed by atoms with E-state index in [0.29, 0.717) is 19.6 Å². The van der Waals surface area contributed by atoms with Gasteiger partial charge in [-0.3, -0.25) is 9.59 Å². The molecule has 0 atom stereocenters. The van der Waals surface area contributed by atoms with E-state index < -0.39 is 0 Å². The van der Waals surface area contributed by atoms with Crippen LogP contribution >= 0.6 is 0 Å². The van der Waals surface area contributed by atoms with Gasteiger partial charge in [0, 0.05) is 18.2 Å². The van der Waals surface area contributed by atoms with Crippen LogP contribution in [0.2, 0.25) is 0 Å². The minimum absolute atomic E-state index is 0.0140. The van der Waals surface area contributed by atoms with Gasteiger partial charge in [-0.1, -0.05) is 38.1 Å². The number of rotatable bonds is 8. The molecule has 0 aliphatic rings. The van der Waals surface area contributed by atoms with E-state index in [1.165, 1.54) is 0 Å². The van der Waals surface area contributed by atoms with Crippen molar-refractivity contribution in [1.29, 1.82) is 0 Å². The summed E-state index contributed by atoms with van der Waals surface area (Å²) in [5.41, 5.74) is 3.92. The quantitative estimate of drug-likeness (QED) is 0.740. The number of anilines is 1. The molecule has 0 saturated heterocycles. The highest BCUT2D eigenvalue weighted by atomic mass is 16.5. The summed E-state index contributed by atoms with van der Waals surface area (Å²) < 4.78 is 5.71. The van der Waals surface area contributed by atoms with Crippen molar-refractivity contribution in [2.24, 2.45) is 5.92 Å². The van der Waals surface area contributed by atoms with Crippen molar-refractivity contribution in [3.63, 3.8) is 0 Å². The Balaban J connectivity index is 1.73. The molecule has 2 aromatic rings. The third-order valence-electron chi connectivity index (χ3n) is 4.17. The highest BCUT2D eigenvalue weighted by Crippen LogP contribution is 2.19. The second kappa shape index (κ2) is 9.76. The molecule has 144 valence electrons. The first-order chi connectivity index (χ1) is 12.8. The van der Waals surface area contributed by atoms with Crippen LogP contribution in [0.1, 0.15) is 37.0 Å². The SMILES string of the molecule is Cc1ccc(C)c(OCCC(=O)NCc2ccc(NC(=O)C(C)C)cc2)c1. The van der Waals surface area contributed by atoms with Crippen LogP contribution in [0, 0.1) is 19.8 Å². The zero-order chi connectivity index (χ0) is 19.8. The Morgan fingerprint density at radius 3 is 2.41 bits per heavy atom. The summed E-state index contributed by atoms with van der Waals surface area (Å²) in [4.78, 5) is 23.7. The van der Waals surface area contributed by atoms with Gasteiger partial charge in [-0.05, 0) is 48.7 Å². The highest BCUT2D eigenvalue weighted by molar-refractivity contribution is 5.92. The molecule has 0 spiro atoms. The van der Waals surface area contributed by atoms with Gasteiger partial charge in [0.05, 0.1) is 13.0 Å². The van der Waals surface area contributed by atoms with Gasteiger partial charge in [-0.25, -0.2) is 0 Å². The number of hydrogen-bond donors (Lipinski definition) is 2. The first kappa shape index (κ1) is 20.5. The van der Waals surface area contributed by atoms with Crippen LogP contribution in [0.5, 0.6) is 5.75 Å². The topological polar surface area (TPSA) is 67.4 Å². The molecule has 0 heterocycles. The summed E-state index contributed by atoms with van der Waals surface area (Å²) in [6.07, 6.45) is 0.301. The number of hydrogen-bond acceptors (Lipinski definition) is 3. The van der Waals surface area contributed by atoms with Crippen molar-refractivity contribution >= 4 is 17.5 Å². The predicted molar refractivity (Wildman–Crippen MR) is 108 cm³/mol. The van der Waals surface area contributed by atoms with Crippen LogP contribution in [-0.2, 0) is 16.1 Å². The van der Waals surface area contributed by atoms with E-state index in [2.05, 4.69) is 10.6 Å². The Kier molecular flexibility index (Phi) is 7.41. The molecular weight excluding hydrogens is 340 g/mol. The van der Waals surface area contributed by atoms with Crippen molar-refractivity contribution in [3.05, 3.63) is 59.2 Å². The summed E-state index contributed by atoms with van der Waals surface area (Å²) in [7, 11) is 0. The zero-order valence-electron chi connectivity index (χ0n) is 16.5. The summed E-state index contributed by atoms with van der Waals surface area (Å²) in [6.45, 7) is 8.49. The predicted octanol–water partition coefficient (Wildman–Crippen LogP) is 3.98. The van der Waals surface area contributed by atoms with Crippen LogP contribution in [0.15, 0.2) is 42.5 Å². The maximum Gasteiger partial charge on any atom is 0.226 e. The molecule has 2 aromatic carbocycles. The maximum atomic E-state index is 12.0. The number of amides is 2. The van der Waals surface area contributed by atoms with Crippen molar-refractivity contribution in [2.45, 2.75) is 40.7 Å². The van der Waals surface area contributed by atoms with Crippen LogP contribution < -0.4 is 15.4 Å². The van der Waals surface area contributed by atoms with Crippen molar-refractivity contribution < 1.29 is 14.3 Å². The molecular formula is C22H28N2O3. The van der Waals surface area contributed by atoms with E-state index in [9.17, 15) is 9.59 Å². The van der Waals surface area contributed by atoms with Gasteiger partial charge in [-0.15, -0.1) is 0 Å². The third kappa shape index (κ3) is 6.77. The molecule has 0 unspecified atom stereocenters. The average molecular weight is 368 g/mol. The van der Waals surface area contributed by atoms with E-state index >= 15 is 0 Å². The average Bonchev–Trinajstić information content (AvgIpc) is 2.64. The summed E-state index contributed by atoms with van der Waals surface area (Å²) in [5, 5.41) is 5.73. The Bertz CT molecular complexity index is 783. The Labute approximate surface area is 161 Å². The number of carbonyl (C=O) groups excluding carboxylic acids is 2. The van der Waals surface area contributed by atoms with Crippen LogP contribution in [-0.4, -0.2) is 18.4 Å². The zero-order valence-corrected chi connectivity index (χ0v) is 16.5. The lowest BCUT2D eigenvalue weighted by Crippen LogP contribution is -2.24. The van der Waals surface area contributed by atoms with Crippen LogP contribution in [0.3, 0.4) is 0 Å². The normalized spacial score (nSPS) is 10.6. The molecule has 0 radical (unpaired) electrons. The molecule has 0 aromatic heterocycles. The first-order valence-corrected chi connectivity index (χ1v) is 9.21. The highest BCUT2D eigenvalue weighted by Gasteiger charge is 2.07. The van der Waals surface area contributed by atoms with Crippen molar-refractivity contribution in [2.75, 3.05) is 11.9 Å². The van der Waals surface area contributed by atoms with Gasteiger partial charge in [0.1, 0.15) is 5.75 Å². The van der Waals surface area contributed by atoms with Gasteiger partial charge in [0.2, 0.25) is 11.8 Å². The lowest BCUT2D eigenvalue weighted by Gasteiger charge is -2.11. The van der Waals surface area contributed by atoms with Crippen molar-refractivity contribution in [1.82, 2.24) is 5.32 Å². The van der Waals surface area contributed by atoms with Gasteiger partial charge in [0.15, 0.2) is 0 Å². The Hall–Kier alpha value is -2.82. The molecule has 5 heteroatoms. The van der Waals surface area contributed by atoms with E-state index in [-0.39, 0.29) is 17.7 Å².